The van der Waals surface area contributed by atoms with Crippen LogP contribution >= 0.6 is 0 Å². The minimum atomic E-state index is 0.567. The lowest BCUT2D eigenvalue weighted by Gasteiger charge is -2.12. The smallest absolute Gasteiger partial charge is 0.298 e. The van der Waals surface area contributed by atoms with Crippen LogP contribution in [0.25, 0.3) is 16.7 Å². The molecule has 4 rings (SSSR count). The number of benzene rings is 1. The summed E-state index contributed by atoms with van der Waals surface area (Å²) in [7, 11) is 1.93. The molecule has 0 radical (unpaired) electrons. The summed E-state index contributed by atoms with van der Waals surface area (Å²) in [6.07, 6.45) is 1.95. The van der Waals surface area contributed by atoms with Gasteiger partial charge in [0.15, 0.2) is 17.1 Å². The molecule has 0 N–H and O–H groups in total. The molecule has 4 aromatic rings. The Balaban J connectivity index is 1.67. The predicted octanol–water partition coefficient (Wildman–Crippen LogP) is 2.51. The fourth-order valence-corrected chi connectivity index (χ4v) is 2.30. The lowest BCUT2D eigenvalue weighted by atomic mass is 10.3. The summed E-state index contributed by atoms with van der Waals surface area (Å²) in [5.74, 6) is 0.843. The van der Waals surface area contributed by atoms with Gasteiger partial charge < -0.3 is 9.32 Å². The van der Waals surface area contributed by atoms with Crippen molar-refractivity contribution in [1.29, 1.82) is 0 Å². The Bertz CT molecular complexity index is 877. The average Bonchev–Trinajstić information content (AvgIpc) is 3.11. The van der Waals surface area contributed by atoms with Crippen molar-refractivity contribution in [3.8, 4) is 0 Å². The first kappa shape index (κ1) is 11.9. The molecule has 3 heterocycles. The first-order valence-electron chi connectivity index (χ1n) is 6.66. The molecular formula is C15H13N5O. The van der Waals surface area contributed by atoms with Crippen LogP contribution in [0.15, 0.2) is 53.1 Å². The molecule has 0 aliphatic rings. The Morgan fingerprint density at radius 3 is 2.86 bits per heavy atom. The van der Waals surface area contributed by atoms with E-state index in [0.717, 1.165) is 22.6 Å². The van der Waals surface area contributed by atoms with Crippen molar-refractivity contribution in [3.63, 3.8) is 0 Å². The van der Waals surface area contributed by atoms with Crippen molar-refractivity contribution in [3.05, 3.63) is 54.5 Å². The van der Waals surface area contributed by atoms with Crippen LogP contribution in [0.3, 0.4) is 0 Å². The third kappa shape index (κ3) is 2.01. The van der Waals surface area contributed by atoms with E-state index in [1.54, 1.807) is 0 Å². The second-order valence-electron chi connectivity index (χ2n) is 4.87. The first-order valence-corrected chi connectivity index (χ1v) is 6.66. The first-order chi connectivity index (χ1) is 10.3. The van der Waals surface area contributed by atoms with Gasteiger partial charge in [-0.25, -0.2) is 0 Å². The van der Waals surface area contributed by atoms with Crippen molar-refractivity contribution >= 4 is 22.8 Å². The minimum Gasteiger partial charge on any atom is -0.423 e. The largest absolute Gasteiger partial charge is 0.423 e. The Kier molecular flexibility index (Phi) is 2.60. The monoisotopic (exact) mass is 279 g/mol. The van der Waals surface area contributed by atoms with Crippen LogP contribution < -0.4 is 4.90 Å². The molecule has 0 saturated heterocycles. The molecule has 6 heteroatoms. The number of para-hydroxylation sites is 2. The average molecular weight is 279 g/mol. The molecule has 3 aromatic heterocycles. The number of nitrogens with zero attached hydrogens (tertiary/aromatic N) is 5. The van der Waals surface area contributed by atoms with Crippen LogP contribution in [-0.4, -0.2) is 26.6 Å². The number of anilines is 1. The zero-order valence-electron chi connectivity index (χ0n) is 11.5. The maximum absolute atomic E-state index is 5.75. The summed E-state index contributed by atoms with van der Waals surface area (Å²) in [6, 6.07) is 14.1. The molecule has 0 saturated carbocycles. The summed E-state index contributed by atoms with van der Waals surface area (Å²) >= 11 is 0. The van der Waals surface area contributed by atoms with Gasteiger partial charge in [0.25, 0.3) is 6.01 Å². The number of pyridine rings is 1. The van der Waals surface area contributed by atoms with Crippen LogP contribution in [0, 0.1) is 0 Å². The van der Waals surface area contributed by atoms with Crippen molar-refractivity contribution in [2.24, 2.45) is 0 Å². The van der Waals surface area contributed by atoms with Gasteiger partial charge in [-0.2, -0.15) is 4.98 Å². The standard InChI is InChI=1S/C15H13N5O/c1-19(15-16-11-6-2-3-7-12(11)21-15)10-14-18-17-13-8-4-5-9-20(13)14/h2-9H,10H2,1H3. The highest BCUT2D eigenvalue weighted by Gasteiger charge is 2.13. The number of hydrogen-bond donors (Lipinski definition) is 0. The van der Waals surface area contributed by atoms with Crippen LogP contribution in [0.5, 0.6) is 0 Å². The molecule has 0 atom stereocenters. The molecule has 0 aliphatic heterocycles. The summed E-state index contributed by atoms with van der Waals surface area (Å²) in [5, 5.41) is 8.36. The quantitative estimate of drug-likeness (QED) is 0.576. The van der Waals surface area contributed by atoms with Crippen LogP contribution in [0.1, 0.15) is 5.82 Å². The van der Waals surface area contributed by atoms with E-state index in [1.165, 1.54) is 0 Å². The van der Waals surface area contributed by atoms with E-state index in [-0.39, 0.29) is 0 Å². The number of rotatable bonds is 3. The minimum absolute atomic E-state index is 0.567. The Morgan fingerprint density at radius 2 is 1.95 bits per heavy atom. The molecular weight excluding hydrogens is 266 g/mol. The number of oxazole rings is 1. The van der Waals surface area contributed by atoms with Gasteiger partial charge in [-0.15, -0.1) is 10.2 Å². The SMILES string of the molecule is CN(Cc1nnc2ccccn12)c1nc2ccccc2o1. The summed E-state index contributed by atoms with van der Waals surface area (Å²) in [6.45, 7) is 0.567. The molecule has 0 bridgehead atoms. The molecule has 0 fully saturated rings. The van der Waals surface area contributed by atoms with Gasteiger partial charge in [0.05, 0.1) is 6.54 Å². The van der Waals surface area contributed by atoms with Gasteiger partial charge in [-0.05, 0) is 24.3 Å². The zero-order valence-corrected chi connectivity index (χ0v) is 11.5. The van der Waals surface area contributed by atoms with Gasteiger partial charge in [-0.3, -0.25) is 4.40 Å². The van der Waals surface area contributed by atoms with Crippen molar-refractivity contribution in [2.75, 3.05) is 11.9 Å². The topological polar surface area (TPSA) is 59.5 Å². The van der Waals surface area contributed by atoms with Gasteiger partial charge in [0.2, 0.25) is 0 Å². The molecule has 21 heavy (non-hydrogen) atoms. The van der Waals surface area contributed by atoms with Crippen molar-refractivity contribution in [2.45, 2.75) is 6.54 Å². The molecule has 0 amide bonds. The second-order valence-corrected chi connectivity index (χ2v) is 4.87. The second kappa shape index (κ2) is 4.59. The summed E-state index contributed by atoms with van der Waals surface area (Å²) < 4.78 is 7.71. The maximum atomic E-state index is 5.75. The van der Waals surface area contributed by atoms with E-state index in [1.807, 2.05) is 65.0 Å². The van der Waals surface area contributed by atoms with Crippen molar-refractivity contribution in [1.82, 2.24) is 19.6 Å². The zero-order chi connectivity index (χ0) is 14.2. The summed E-state index contributed by atoms with van der Waals surface area (Å²) in [4.78, 5) is 6.40. The van der Waals surface area contributed by atoms with Gasteiger partial charge >= 0.3 is 0 Å². The van der Waals surface area contributed by atoms with E-state index in [9.17, 15) is 0 Å². The van der Waals surface area contributed by atoms with Gasteiger partial charge in [0, 0.05) is 13.2 Å². The fraction of sp³-hybridized carbons (Fsp3) is 0.133. The molecule has 6 nitrogen and oxygen atoms in total. The van der Waals surface area contributed by atoms with E-state index in [0.29, 0.717) is 12.6 Å². The predicted molar refractivity (Wildman–Crippen MR) is 79.1 cm³/mol. The van der Waals surface area contributed by atoms with E-state index < -0.39 is 0 Å². The fourth-order valence-electron chi connectivity index (χ4n) is 2.30. The molecule has 0 spiro atoms. The Hall–Kier alpha value is -2.89. The molecule has 104 valence electrons. The number of fused-ring (bicyclic) bond motifs is 2. The lowest BCUT2D eigenvalue weighted by Crippen LogP contribution is -2.18. The van der Waals surface area contributed by atoms with Crippen LogP contribution in [-0.2, 0) is 6.54 Å². The lowest BCUT2D eigenvalue weighted by molar-refractivity contribution is 0.577. The Morgan fingerprint density at radius 1 is 1.10 bits per heavy atom. The van der Waals surface area contributed by atoms with E-state index >= 15 is 0 Å². The highest BCUT2D eigenvalue weighted by atomic mass is 16.4. The van der Waals surface area contributed by atoms with Gasteiger partial charge in [-0.1, -0.05) is 18.2 Å². The van der Waals surface area contributed by atoms with Gasteiger partial charge in [0.1, 0.15) is 5.52 Å². The Labute approximate surface area is 120 Å². The van der Waals surface area contributed by atoms with E-state index in [4.69, 9.17) is 4.42 Å². The molecule has 1 aromatic carbocycles. The number of aromatic nitrogens is 4. The maximum Gasteiger partial charge on any atom is 0.298 e. The third-order valence-electron chi connectivity index (χ3n) is 3.37. The van der Waals surface area contributed by atoms with E-state index in [2.05, 4.69) is 15.2 Å². The van der Waals surface area contributed by atoms with Crippen molar-refractivity contribution < 1.29 is 4.42 Å². The van der Waals surface area contributed by atoms with Crippen LogP contribution in [0.4, 0.5) is 6.01 Å². The third-order valence-corrected chi connectivity index (χ3v) is 3.37. The highest BCUT2D eigenvalue weighted by Crippen LogP contribution is 2.21. The normalized spacial score (nSPS) is 11.3. The van der Waals surface area contributed by atoms with Crippen LogP contribution in [0.2, 0.25) is 0 Å². The highest BCUT2D eigenvalue weighted by molar-refractivity contribution is 5.74. The number of hydrogen-bond acceptors (Lipinski definition) is 5. The summed E-state index contributed by atoms with van der Waals surface area (Å²) in [5.41, 5.74) is 2.47. The molecule has 0 unspecified atom stereocenters. The molecule has 0 aliphatic carbocycles.